The maximum atomic E-state index is 11.4. The molecule has 0 N–H and O–H groups in total. The summed E-state index contributed by atoms with van der Waals surface area (Å²) < 4.78 is 22.9. The summed E-state index contributed by atoms with van der Waals surface area (Å²) in [7, 11) is -3.15. The van der Waals surface area contributed by atoms with E-state index in [2.05, 4.69) is 11.1 Å². The summed E-state index contributed by atoms with van der Waals surface area (Å²) >= 11 is 0. The Kier molecular flexibility index (Phi) is 3.03. The molecule has 3 rings (SSSR count). The fraction of sp³-hybridized carbons (Fsp3) is 0.0625. The minimum atomic E-state index is -3.15. The second-order valence-corrected chi connectivity index (χ2v) is 6.72. The maximum absolute atomic E-state index is 11.4. The van der Waals surface area contributed by atoms with Crippen LogP contribution in [0, 0.1) is 0 Å². The Balaban J connectivity index is 2.07. The van der Waals surface area contributed by atoms with Crippen molar-refractivity contribution in [2.75, 3.05) is 6.26 Å². The Morgan fingerprint density at radius 2 is 1.60 bits per heavy atom. The fourth-order valence-corrected chi connectivity index (χ4v) is 2.78. The van der Waals surface area contributed by atoms with E-state index < -0.39 is 9.84 Å². The molecule has 0 amide bonds. The highest BCUT2D eigenvalue weighted by Crippen LogP contribution is 2.24. The number of sulfone groups is 1. The summed E-state index contributed by atoms with van der Waals surface area (Å²) in [5, 5.41) is 1.07. The zero-order valence-corrected chi connectivity index (χ0v) is 11.8. The minimum absolute atomic E-state index is 0.337. The van der Waals surface area contributed by atoms with Gasteiger partial charge >= 0.3 is 0 Å². The highest BCUT2D eigenvalue weighted by molar-refractivity contribution is 7.90. The van der Waals surface area contributed by atoms with E-state index >= 15 is 0 Å². The van der Waals surface area contributed by atoms with Crippen LogP contribution in [0.5, 0.6) is 0 Å². The van der Waals surface area contributed by atoms with Gasteiger partial charge in [-0.2, -0.15) is 0 Å². The van der Waals surface area contributed by atoms with Crippen LogP contribution in [-0.4, -0.2) is 19.7 Å². The molecule has 2 aromatic carbocycles. The van der Waals surface area contributed by atoms with Gasteiger partial charge in [0.15, 0.2) is 9.84 Å². The van der Waals surface area contributed by atoms with Crippen molar-refractivity contribution in [3.8, 4) is 11.1 Å². The summed E-state index contributed by atoms with van der Waals surface area (Å²) in [5.74, 6) is 0. The molecular formula is C16H13NO2S. The smallest absolute Gasteiger partial charge is 0.175 e. The van der Waals surface area contributed by atoms with Crippen molar-refractivity contribution in [2.24, 2.45) is 0 Å². The predicted molar refractivity (Wildman–Crippen MR) is 80.3 cm³/mol. The van der Waals surface area contributed by atoms with Crippen LogP contribution < -0.4 is 0 Å². The average molecular weight is 283 g/mol. The third-order valence-electron chi connectivity index (χ3n) is 3.22. The second-order valence-electron chi connectivity index (χ2n) is 4.71. The molecule has 0 aliphatic heterocycles. The van der Waals surface area contributed by atoms with Crippen molar-refractivity contribution in [3.63, 3.8) is 0 Å². The van der Waals surface area contributed by atoms with Crippen LogP contribution in [0.25, 0.3) is 22.0 Å². The monoisotopic (exact) mass is 283 g/mol. The highest BCUT2D eigenvalue weighted by Gasteiger charge is 2.07. The van der Waals surface area contributed by atoms with Gasteiger partial charge < -0.3 is 0 Å². The second kappa shape index (κ2) is 4.72. The molecule has 1 heterocycles. The molecule has 4 heteroatoms. The molecule has 3 aromatic rings. The summed E-state index contributed by atoms with van der Waals surface area (Å²) in [5.41, 5.74) is 2.98. The molecule has 0 radical (unpaired) electrons. The Hall–Kier alpha value is -2.20. The van der Waals surface area contributed by atoms with Gasteiger partial charge in [0, 0.05) is 17.8 Å². The zero-order chi connectivity index (χ0) is 14.2. The first-order valence-electron chi connectivity index (χ1n) is 6.19. The highest BCUT2D eigenvalue weighted by atomic mass is 32.2. The lowest BCUT2D eigenvalue weighted by Crippen LogP contribution is -1.96. The zero-order valence-electron chi connectivity index (χ0n) is 10.9. The molecule has 0 aliphatic rings. The van der Waals surface area contributed by atoms with Crippen molar-refractivity contribution >= 4 is 20.7 Å². The van der Waals surface area contributed by atoms with Crippen LogP contribution in [0.3, 0.4) is 0 Å². The largest absolute Gasteiger partial charge is 0.256 e. The van der Waals surface area contributed by atoms with Gasteiger partial charge in [-0.1, -0.05) is 24.3 Å². The van der Waals surface area contributed by atoms with Gasteiger partial charge in [-0.25, -0.2) is 8.42 Å². The van der Waals surface area contributed by atoms with E-state index in [-0.39, 0.29) is 0 Å². The molecule has 0 fully saturated rings. The van der Waals surface area contributed by atoms with E-state index in [1.807, 2.05) is 36.4 Å². The first-order valence-corrected chi connectivity index (χ1v) is 8.08. The van der Waals surface area contributed by atoms with Crippen LogP contribution in [0.15, 0.2) is 65.7 Å². The standard InChI is InChI=1S/C16H13NO2S/c1-20(18,19)15-7-4-12(5-8-15)13-6-9-16-14(11-13)3-2-10-17-16/h2-11H,1H3. The quantitative estimate of drug-likeness (QED) is 0.725. The molecule has 0 spiro atoms. The van der Waals surface area contributed by atoms with Crippen molar-refractivity contribution in [1.82, 2.24) is 4.98 Å². The van der Waals surface area contributed by atoms with Crippen molar-refractivity contribution < 1.29 is 8.42 Å². The molecular weight excluding hydrogens is 270 g/mol. The molecule has 1 aromatic heterocycles. The molecule has 3 nitrogen and oxygen atoms in total. The lowest BCUT2D eigenvalue weighted by atomic mass is 10.0. The molecule has 0 bridgehead atoms. The van der Waals surface area contributed by atoms with Gasteiger partial charge in [0.05, 0.1) is 10.4 Å². The number of pyridine rings is 1. The molecule has 0 unspecified atom stereocenters. The normalized spacial score (nSPS) is 11.7. The van der Waals surface area contributed by atoms with Crippen LogP contribution in [0.1, 0.15) is 0 Å². The molecule has 0 atom stereocenters. The van der Waals surface area contributed by atoms with E-state index in [1.165, 1.54) is 6.26 Å². The number of hydrogen-bond acceptors (Lipinski definition) is 3. The van der Waals surface area contributed by atoms with Crippen LogP contribution >= 0.6 is 0 Å². The Morgan fingerprint density at radius 3 is 2.30 bits per heavy atom. The SMILES string of the molecule is CS(=O)(=O)c1ccc(-c2ccc3ncccc3c2)cc1. The van der Waals surface area contributed by atoms with Crippen LogP contribution in [-0.2, 0) is 9.84 Å². The number of rotatable bonds is 2. The lowest BCUT2D eigenvalue weighted by molar-refractivity contribution is 0.602. The molecule has 0 aliphatic carbocycles. The van der Waals surface area contributed by atoms with Crippen molar-refractivity contribution in [1.29, 1.82) is 0 Å². The maximum Gasteiger partial charge on any atom is 0.175 e. The summed E-state index contributed by atoms with van der Waals surface area (Å²) in [6.07, 6.45) is 2.98. The predicted octanol–water partition coefficient (Wildman–Crippen LogP) is 3.31. The van der Waals surface area contributed by atoms with Gasteiger partial charge in [0.25, 0.3) is 0 Å². The molecule has 0 saturated heterocycles. The first kappa shape index (κ1) is 12.8. The number of benzene rings is 2. The Labute approximate surface area is 117 Å². The van der Waals surface area contributed by atoms with Crippen LogP contribution in [0.4, 0.5) is 0 Å². The molecule has 20 heavy (non-hydrogen) atoms. The summed E-state index contributed by atoms with van der Waals surface area (Å²) in [6, 6.07) is 16.9. The van der Waals surface area contributed by atoms with Gasteiger partial charge in [-0.05, 0) is 41.5 Å². The van der Waals surface area contributed by atoms with Crippen molar-refractivity contribution in [3.05, 3.63) is 60.8 Å². The average Bonchev–Trinajstić information content (AvgIpc) is 2.46. The van der Waals surface area contributed by atoms with E-state index in [9.17, 15) is 8.42 Å². The number of fused-ring (bicyclic) bond motifs is 1. The van der Waals surface area contributed by atoms with E-state index in [0.717, 1.165) is 22.0 Å². The Morgan fingerprint density at radius 1 is 0.900 bits per heavy atom. The van der Waals surface area contributed by atoms with Gasteiger partial charge in [0.1, 0.15) is 0 Å². The van der Waals surface area contributed by atoms with E-state index in [4.69, 9.17) is 0 Å². The van der Waals surface area contributed by atoms with E-state index in [1.54, 1.807) is 18.3 Å². The van der Waals surface area contributed by atoms with Gasteiger partial charge in [-0.3, -0.25) is 4.98 Å². The fourth-order valence-electron chi connectivity index (χ4n) is 2.15. The number of hydrogen-bond donors (Lipinski definition) is 0. The van der Waals surface area contributed by atoms with Crippen LogP contribution in [0.2, 0.25) is 0 Å². The number of aromatic nitrogens is 1. The Bertz CT molecular complexity index is 868. The lowest BCUT2D eigenvalue weighted by Gasteiger charge is -2.05. The summed E-state index contributed by atoms with van der Waals surface area (Å²) in [4.78, 5) is 4.62. The molecule has 0 saturated carbocycles. The third-order valence-corrected chi connectivity index (χ3v) is 4.35. The van der Waals surface area contributed by atoms with Gasteiger partial charge in [-0.15, -0.1) is 0 Å². The molecule has 100 valence electrons. The number of nitrogens with zero attached hydrogens (tertiary/aromatic N) is 1. The topological polar surface area (TPSA) is 47.0 Å². The summed E-state index contributed by atoms with van der Waals surface area (Å²) in [6.45, 7) is 0. The minimum Gasteiger partial charge on any atom is -0.256 e. The third kappa shape index (κ3) is 2.42. The first-order chi connectivity index (χ1) is 9.54. The van der Waals surface area contributed by atoms with Gasteiger partial charge in [0.2, 0.25) is 0 Å². The van der Waals surface area contributed by atoms with Crippen molar-refractivity contribution in [2.45, 2.75) is 4.90 Å². The van der Waals surface area contributed by atoms with E-state index in [0.29, 0.717) is 4.90 Å².